The molecular weight excluding hydrogens is 925 g/mol. The van der Waals surface area contributed by atoms with E-state index < -0.39 is 0 Å². The first-order chi connectivity index (χ1) is 36.2. The van der Waals surface area contributed by atoms with Crippen LogP contribution in [0, 0.1) is 0 Å². The molecule has 0 radical (unpaired) electrons. The highest BCUT2D eigenvalue weighted by atomic mass is 32.1. The number of hydrogen-bond donors (Lipinski definition) is 0. The fourth-order valence-corrected chi connectivity index (χ4v) is 15.0. The number of hydrogen-bond acceptors (Lipinski definition) is 3. The fourth-order valence-electron chi connectivity index (χ4n) is 12.6. The topological polar surface area (TPSA) is 23.0 Å². The summed E-state index contributed by atoms with van der Waals surface area (Å²) in [5.74, 6) is 0. The van der Waals surface area contributed by atoms with Crippen LogP contribution in [-0.2, 0) is 0 Å². The van der Waals surface area contributed by atoms with Crippen molar-refractivity contribution in [2.24, 2.45) is 0 Å². The molecule has 5 aromatic heterocycles. The highest BCUT2D eigenvalue weighted by molar-refractivity contribution is 7.26. The highest BCUT2D eigenvalue weighted by Gasteiger charge is 2.25. The number of furan rings is 1. The molecule has 0 saturated carbocycles. The van der Waals surface area contributed by atoms with Gasteiger partial charge in [0.1, 0.15) is 11.2 Å². The van der Waals surface area contributed by atoms with E-state index in [-0.39, 0.29) is 0 Å². The van der Waals surface area contributed by atoms with Crippen LogP contribution in [0.4, 0.5) is 0 Å². The lowest BCUT2D eigenvalue weighted by Gasteiger charge is -2.14. The summed E-state index contributed by atoms with van der Waals surface area (Å²) in [5, 5.41) is 17.0. The predicted molar refractivity (Wildman–Crippen MR) is 314 cm³/mol. The summed E-state index contributed by atoms with van der Waals surface area (Å²) in [5.41, 5.74) is 13.5. The molecule has 5 heteroatoms. The Morgan fingerprint density at radius 1 is 0.260 bits per heavy atom. The van der Waals surface area contributed by atoms with E-state index in [1.807, 2.05) is 22.7 Å². The first-order valence-corrected chi connectivity index (χ1v) is 26.5. The van der Waals surface area contributed by atoms with Crippen molar-refractivity contribution >= 4 is 150 Å². The molecular formula is C68H38N2OS2. The third-order valence-corrected chi connectivity index (χ3v) is 18.1. The van der Waals surface area contributed by atoms with E-state index in [0.29, 0.717) is 0 Å². The highest BCUT2D eigenvalue weighted by Crippen LogP contribution is 2.51. The van der Waals surface area contributed by atoms with Gasteiger partial charge >= 0.3 is 0 Å². The largest absolute Gasteiger partial charge is 0.456 e. The Morgan fingerprint density at radius 3 is 1.12 bits per heavy atom. The Bertz CT molecular complexity index is 4880. The number of aromatic nitrogens is 2. The zero-order chi connectivity index (χ0) is 47.5. The van der Waals surface area contributed by atoms with Gasteiger partial charge in [0, 0.05) is 95.2 Å². The second-order valence-corrected chi connectivity index (χ2v) is 21.6. The van der Waals surface area contributed by atoms with Gasteiger partial charge in [-0.25, -0.2) is 0 Å². The van der Waals surface area contributed by atoms with E-state index in [2.05, 4.69) is 240 Å². The van der Waals surface area contributed by atoms with Gasteiger partial charge in [0.05, 0.1) is 22.1 Å². The minimum atomic E-state index is 0.882. The van der Waals surface area contributed by atoms with Crippen molar-refractivity contribution in [2.45, 2.75) is 0 Å². The number of nitrogens with zero attached hydrogens (tertiary/aromatic N) is 2. The maximum atomic E-state index is 7.48. The summed E-state index contributed by atoms with van der Waals surface area (Å²) in [6, 6.07) is 85.3. The smallest absolute Gasteiger partial charge is 0.136 e. The molecule has 0 bridgehead atoms. The van der Waals surface area contributed by atoms with Crippen LogP contribution in [0.15, 0.2) is 235 Å². The summed E-state index contributed by atoms with van der Waals surface area (Å²) in [7, 11) is 0. The molecule has 3 nitrogen and oxygen atoms in total. The van der Waals surface area contributed by atoms with Gasteiger partial charge in [-0.15, -0.1) is 22.7 Å². The molecule has 0 aliphatic heterocycles. The fraction of sp³-hybridized carbons (Fsp3) is 0. The molecule has 73 heavy (non-hydrogen) atoms. The molecule has 0 saturated heterocycles. The molecule has 0 atom stereocenters. The maximum Gasteiger partial charge on any atom is 0.136 e. The first-order valence-electron chi connectivity index (χ1n) is 24.9. The normalized spacial score (nSPS) is 12.4. The van der Waals surface area contributed by atoms with Crippen molar-refractivity contribution in [3.8, 4) is 33.6 Å². The first kappa shape index (κ1) is 39.7. The Labute approximate surface area is 425 Å². The van der Waals surface area contributed by atoms with Crippen molar-refractivity contribution in [3.05, 3.63) is 231 Å². The number of thiophene rings is 2. The molecule has 0 unspecified atom stereocenters. The molecule has 0 aliphatic carbocycles. The number of para-hydroxylation sites is 4. The maximum absolute atomic E-state index is 7.48. The van der Waals surface area contributed by atoms with E-state index in [0.717, 1.165) is 33.3 Å². The van der Waals surface area contributed by atoms with Gasteiger partial charge in [0.15, 0.2) is 0 Å². The van der Waals surface area contributed by atoms with Crippen LogP contribution in [0.5, 0.6) is 0 Å². The van der Waals surface area contributed by atoms with Crippen LogP contribution in [0.2, 0.25) is 0 Å². The van der Waals surface area contributed by atoms with Gasteiger partial charge in [-0.1, -0.05) is 146 Å². The average Bonchev–Trinajstić information content (AvgIpc) is 4.27. The standard InChI is InChI=1S/C68H38N2OS2/c1-3-17-39(18-4-1)69-57-29-11-7-21-41(57)53-33-55-49(35-59(53)69)51(47-27-15-25-45-43-23-9-13-31-63(43)72-67(45)47)37-61-65(55)66-56-34-54-42-22-8-12-30-58(42)70(40-19-5-2-6-20-40)60(54)36-50(56)52(38-62(66)71-61)48-28-16-26-46-44-24-10-14-32-64(44)73-68(46)48/h1-38H. The second kappa shape index (κ2) is 14.8. The van der Waals surface area contributed by atoms with Crippen molar-refractivity contribution in [3.63, 3.8) is 0 Å². The van der Waals surface area contributed by atoms with E-state index in [1.54, 1.807) is 0 Å². The van der Waals surface area contributed by atoms with E-state index in [4.69, 9.17) is 4.42 Å². The second-order valence-electron chi connectivity index (χ2n) is 19.5. The Morgan fingerprint density at radius 2 is 0.658 bits per heavy atom. The van der Waals surface area contributed by atoms with Crippen LogP contribution in [-0.4, -0.2) is 9.13 Å². The summed E-state index contributed by atoms with van der Waals surface area (Å²) in [6.45, 7) is 0. The molecule has 0 amide bonds. The van der Waals surface area contributed by atoms with Gasteiger partial charge in [0.2, 0.25) is 0 Å². The monoisotopic (exact) mass is 962 g/mol. The molecule has 17 aromatic rings. The quantitative estimate of drug-likeness (QED) is 0.172. The van der Waals surface area contributed by atoms with Crippen LogP contribution in [0.25, 0.3) is 161 Å². The van der Waals surface area contributed by atoms with Crippen molar-refractivity contribution < 1.29 is 4.42 Å². The zero-order valence-electron chi connectivity index (χ0n) is 39.1. The third kappa shape index (κ3) is 5.47. The van der Waals surface area contributed by atoms with E-state index in [1.165, 1.54) is 128 Å². The lowest BCUT2D eigenvalue weighted by atomic mass is 9.90. The van der Waals surface area contributed by atoms with Crippen LogP contribution < -0.4 is 0 Å². The summed E-state index contributed by atoms with van der Waals surface area (Å²) < 4.78 is 17.5. The Kier molecular flexibility index (Phi) is 8.04. The van der Waals surface area contributed by atoms with Gasteiger partial charge in [0.25, 0.3) is 0 Å². The molecule has 12 aromatic carbocycles. The molecule has 5 heterocycles. The van der Waals surface area contributed by atoms with Crippen molar-refractivity contribution in [2.75, 3.05) is 0 Å². The van der Waals surface area contributed by atoms with Crippen molar-refractivity contribution in [1.29, 1.82) is 0 Å². The van der Waals surface area contributed by atoms with Crippen LogP contribution in [0.1, 0.15) is 0 Å². The molecule has 0 N–H and O–H groups in total. The summed E-state index contributed by atoms with van der Waals surface area (Å²) in [4.78, 5) is 0. The van der Waals surface area contributed by atoms with E-state index >= 15 is 0 Å². The lowest BCUT2D eigenvalue weighted by molar-refractivity contribution is 0.670. The SMILES string of the molecule is c1ccc(-n2c3ccccc3c3cc4c(cc32)c(-c2cccc3c2sc2ccccc23)cc2oc3cc(-c5cccc6c5sc5ccccc56)c5cc6c(cc5c3c24)c2ccccc2n6-c2ccccc2)cc1. The Hall–Kier alpha value is -9.00. The number of rotatable bonds is 4. The Balaban J connectivity index is 1.08. The molecule has 338 valence electrons. The van der Waals surface area contributed by atoms with Gasteiger partial charge in [-0.05, 0) is 118 Å². The van der Waals surface area contributed by atoms with E-state index in [9.17, 15) is 0 Å². The minimum absolute atomic E-state index is 0.882. The van der Waals surface area contributed by atoms with Crippen LogP contribution in [0.3, 0.4) is 0 Å². The zero-order valence-corrected chi connectivity index (χ0v) is 40.7. The van der Waals surface area contributed by atoms with Gasteiger partial charge in [-0.2, -0.15) is 0 Å². The summed E-state index contributed by atoms with van der Waals surface area (Å²) in [6.07, 6.45) is 0. The average molecular weight is 963 g/mol. The van der Waals surface area contributed by atoms with Gasteiger partial charge in [-0.3, -0.25) is 0 Å². The molecule has 17 rings (SSSR count). The molecule has 0 fully saturated rings. The van der Waals surface area contributed by atoms with Crippen LogP contribution >= 0.6 is 22.7 Å². The lowest BCUT2D eigenvalue weighted by Crippen LogP contribution is -1.94. The molecule has 0 aliphatic rings. The third-order valence-electron chi connectivity index (χ3n) is 15.7. The van der Waals surface area contributed by atoms with Gasteiger partial charge < -0.3 is 13.6 Å². The number of benzene rings is 12. The number of fused-ring (bicyclic) bond motifs is 19. The van der Waals surface area contributed by atoms with Crippen molar-refractivity contribution in [1.82, 2.24) is 9.13 Å². The minimum Gasteiger partial charge on any atom is -0.456 e. The summed E-state index contributed by atoms with van der Waals surface area (Å²) >= 11 is 3.76. The predicted octanol–water partition coefficient (Wildman–Crippen LogP) is 20.2. The molecule has 0 spiro atoms.